The Kier molecular flexibility index (Phi) is 4.87. The molecule has 0 aromatic carbocycles. The Morgan fingerprint density at radius 2 is 1.82 bits per heavy atom. The van der Waals surface area contributed by atoms with Crippen molar-refractivity contribution in [3.63, 3.8) is 0 Å². The normalized spacial score (nSPS) is 35.8. The fourth-order valence-corrected chi connectivity index (χ4v) is 3.86. The molecule has 100 valence electrons. The van der Waals surface area contributed by atoms with Gasteiger partial charge in [0.2, 0.25) is 0 Å². The predicted octanol–water partition coefficient (Wildman–Crippen LogP) is 3.17. The average Bonchev–Trinajstić information content (AvgIpc) is 2.34. The molecule has 2 rings (SSSR count). The quantitative estimate of drug-likeness (QED) is 0.791. The van der Waals surface area contributed by atoms with Crippen LogP contribution in [-0.2, 0) is 0 Å². The van der Waals surface area contributed by atoms with Crippen LogP contribution < -0.4 is 5.32 Å². The molecule has 2 heteroatoms. The van der Waals surface area contributed by atoms with Crippen molar-refractivity contribution in [3.8, 4) is 0 Å². The van der Waals surface area contributed by atoms with Crippen LogP contribution in [0.3, 0.4) is 0 Å². The monoisotopic (exact) mass is 238 g/mol. The third kappa shape index (κ3) is 3.03. The molecule has 17 heavy (non-hydrogen) atoms. The Morgan fingerprint density at radius 1 is 1.18 bits per heavy atom. The number of fused-ring (bicyclic) bond motifs is 2. The SMILES string of the molecule is CCCNC1CC2CCCC(C1)N2C(C)CC. The summed E-state index contributed by atoms with van der Waals surface area (Å²) in [6.07, 6.45) is 9.68. The van der Waals surface area contributed by atoms with Crippen LogP contribution in [0, 0.1) is 0 Å². The summed E-state index contributed by atoms with van der Waals surface area (Å²) in [5, 5.41) is 3.75. The van der Waals surface area contributed by atoms with Crippen LogP contribution in [0.15, 0.2) is 0 Å². The van der Waals surface area contributed by atoms with Crippen molar-refractivity contribution in [1.82, 2.24) is 10.2 Å². The third-order valence-electron chi connectivity index (χ3n) is 4.81. The highest BCUT2D eigenvalue weighted by Gasteiger charge is 2.39. The van der Waals surface area contributed by atoms with Crippen molar-refractivity contribution >= 4 is 0 Å². The number of hydrogen-bond donors (Lipinski definition) is 1. The standard InChI is InChI=1S/C15H30N2/c1-4-9-16-13-10-14-7-6-8-15(11-13)17(14)12(3)5-2/h12-16H,4-11H2,1-3H3. The summed E-state index contributed by atoms with van der Waals surface area (Å²) < 4.78 is 0. The lowest BCUT2D eigenvalue weighted by Crippen LogP contribution is -2.58. The van der Waals surface area contributed by atoms with Gasteiger partial charge in [0.25, 0.3) is 0 Å². The summed E-state index contributed by atoms with van der Waals surface area (Å²) in [5.41, 5.74) is 0. The molecule has 0 aliphatic carbocycles. The number of rotatable bonds is 5. The Hall–Kier alpha value is -0.0800. The molecule has 0 saturated carbocycles. The summed E-state index contributed by atoms with van der Waals surface area (Å²) in [6.45, 7) is 8.22. The molecule has 2 saturated heterocycles. The van der Waals surface area contributed by atoms with Crippen molar-refractivity contribution in [3.05, 3.63) is 0 Å². The number of nitrogens with zero attached hydrogens (tertiary/aromatic N) is 1. The molecule has 0 radical (unpaired) electrons. The fraction of sp³-hybridized carbons (Fsp3) is 1.00. The highest BCUT2D eigenvalue weighted by molar-refractivity contribution is 4.96. The van der Waals surface area contributed by atoms with E-state index in [-0.39, 0.29) is 0 Å². The maximum atomic E-state index is 3.75. The minimum atomic E-state index is 0.789. The minimum Gasteiger partial charge on any atom is -0.314 e. The van der Waals surface area contributed by atoms with E-state index in [1.165, 1.54) is 51.5 Å². The van der Waals surface area contributed by atoms with E-state index in [4.69, 9.17) is 0 Å². The van der Waals surface area contributed by atoms with Gasteiger partial charge in [-0.3, -0.25) is 4.90 Å². The van der Waals surface area contributed by atoms with Crippen LogP contribution in [0.2, 0.25) is 0 Å². The smallest absolute Gasteiger partial charge is 0.0116 e. The first-order chi connectivity index (χ1) is 8.26. The van der Waals surface area contributed by atoms with E-state index >= 15 is 0 Å². The van der Waals surface area contributed by atoms with Gasteiger partial charge in [0, 0.05) is 24.2 Å². The third-order valence-corrected chi connectivity index (χ3v) is 4.81. The summed E-state index contributed by atoms with van der Waals surface area (Å²) in [5.74, 6) is 0. The molecule has 2 fully saturated rings. The van der Waals surface area contributed by atoms with Crippen molar-refractivity contribution in [1.29, 1.82) is 0 Å². The molecular weight excluding hydrogens is 208 g/mol. The van der Waals surface area contributed by atoms with E-state index in [0.717, 1.165) is 24.2 Å². The van der Waals surface area contributed by atoms with Gasteiger partial charge >= 0.3 is 0 Å². The highest BCUT2D eigenvalue weighted by Crippen LogP contribution is 2.36. The maximum absolute atomic E-state index is 3.75. The van der Waals surface area contributed by atoms with Gasteiger partial charge < -0.3 is 5.32 Å². The summed E-state index contributed by atoms with van der Waals surface area (Å²) >= 11 is 0. The minimum absolute atomic E-state index is 0.789. The van der Waals surface area contributed by atoms with Gasteiger partial charge in [0.15, 0.2) is 0 Å². The Morgan fingerprint density at radius 3 is 2.35 bits per heavy atom. The van der Waals surface area contributed by atoms with Gasteiger partial charge in [-0.2, -0.15) is 0 Å². The molecule has 3 atom stereocenters. The van der Waals surface area contributed by atoms with Gasteiger partial charge in [-0.15, -0.1) is 0 Å². The molecule has 0 amide bonds. The first kappa shape index (κ1) is 13.4. The Bertz CT molecular complexity index is 215. The van der Waals surface area contributed by atoms with E-state index in [2.05, 4.69) is 31.0 Å². The van der Waals surface area contributed by atoms with Gasteiger partial charge in [-0.1, -0.05) is 20.3 Å². The second kappa shape index (κ2) is 6.19. The van der Waals surface area contributed by atoms with Crippen LogP contribution in [0.5, 0.6) is 0 Å². The zero-order valence-corrected chi connectivity index (χ0v) is 11.9. The second-order valence-electron chi connectivity index (χ2n) is 6.07. The molecular formula is C15H30N2. The van der Waals surface area contributed by atoms with E-state index in [1.54, 1.807) is 0 Å². The number of hydrogen-bond acceptors (Lipinski definition) is 2. The number of nitrogens with one attached hydrogen (secondary N) is 1. The lowest BCUT2D eigenvalue weighted by Gasteiger charge is -2.51. The Labute approximate surface area is 107 Å². The van der Waals surface area contributed by atoms with Gasteiger partial charge in [0.05, 0.1) is 0 Å². The van der Waals surface area contributed by atoms with Gasteiger partial charge in [-0.05, 0) is 52.0 Å². The first-order valence-electron chi connectivity index (χ1n) is 7.77. The predicted molar refractivity (Wildman–Crippen MR) is 74.3 cm³/mol. The van der Waals surface area contributed by atoms with E-state index < -0.39 is 0 Å². The van der Waals surface area contributed by atoms with E-state index in [1.807, 2.05) is 0 Å². The van der Waals surface area contributed by atoms with Crippen LogP contribution in [-0.4, -0.2) is 35.6 Å². The lowest BCUT2D eigenvalue weighted by molar-refractivity contribution is -0.00628. The molecule has 2 heterocycles. The molecule has 2 nitrogen and oxygen atoms in total. The van der Waals surface area contributed by atoms with Crippen LogP contribution in [0.1, 0.15) is 65.7 Å². The molecule has 3 unspecified atom stereocenters. The van der Waals surface area contributed by atoms with E-state index in [0.29, 0.717) is 0 Å². The topological polar surface area (TPSA) is 15.3 Å². The van der Waals surface area contributed by atoms with Crippen LogP contribution >= 0.6 is 0 Å². The van der Waals surface area contributed by atoms with Gasteiger partial charge in [-0.25, -0.2) is 0 Å². The van der Waals surface area contributed by atoms with Gasteiger partial charge in [0.1, 0.15) is 0 Å². The average molecular weight is 238 g/mol. The largest absolute Gasteiger partial charge is 0.314 e. The highest BCUT2D eigenvalue weighted by atomic mass is 15.2. The molecule has 2 aliphatic heterocycles. The zero-order chi connectivity index (χ0) is 12.3. The summed E-state index contributed by atoms with van der Waals surface area (Å²) in [6, 6.07) is 3.32. The number of piperidine rings is 2. The summed E-state index contributed by atoms with van der Waals surface area (Å²) in [7, 11) is 0. The molecule has 0 spiro atoms. The molecule has 0 aromatic rings. The molecule has 2 bridgehead atoms. The fourth-order valence-electron chi connectivity index (χ4n) is 3.86. The second-order valence-corrected chi connectivity index (χ2v) is 6.07. The van der Waals surface area contributed by atoms with E-state index in [9.17, 15) is 0 Å². The molecule has 2 aliphatic rings. The first-order valence-corrected chi connectivity index (χ1v) is 7.77. The van der Waals surface area contributed by atoms with Crippen molar-refractivity contribution in [2.45, 2.75) is 89.9 Å². The van der Waals surface area contributed by atoms with Crippen LogP contribution in [0.25, 0.3) is 0 Å². The van der Waals surface area contributed by atoms with Crippen molar-refractivity contribution in [2.24, 2.45) is 0 Å². The maximum Gasteiger partial charge on any atom is 0.0116 e. The van der Waals surface area contributed by atoms with Crippen molar-refractivity contribution in [2.75, 3.05) is 6.54 Å². The van der Waals surface area contributed by atoms with Crippen molar-refractivity contribution < 1.29 is 0 Å². The summed E-state index contributed by atoms with van der Waals surface area (Å²) in [4.78, 5) is 2.85. The van der Waals surface area contributed by atoms with Crippen LogP contribution in [0.4, 0.5) is 0 Å². The molecule has 1 N–H and O–H groups in total. The lowest BCUT2D eigenvalue weighted by atomic mass is 9.80. The zero-order valence-electron chi connectivity index (χ0n) is 11.9. The Balaban J connectivity index is 1.96. The molecule has 0 aromatic heterocycles.